The third kappa shape index (κ3) is 5.08. The van der Waals surface area contributed by atoms with Crippen molar-refractivity contribution >= 4 is 38.9 Å². The highest BCUT2D eigenvalue weighted by atomic mass is 16.8. The summed E-state index contributed by atoms with van der Waals surface area (Å²) < 4.78 is 2.33. The molecule has 244 valence electrons. The average Bonchev–Trinajstić information content (AvgIpc) is 3.65. The van der Waals surface area contributed by atoms with Gasteiger partial charge < -0.3 is 0 Å². The number of benzene rings is 5. The zero-order valence-corrected chi connectivity index (χ0v) is 29.3. The molecule has 0 saturated heterocycles. The van der Waals surface area contributed by atoms with E-state index in [0.717, 1.165) is 33.9 Å². The van der Waals surface area contributed by atoms with E-state index in [1.54, 1.807) is 0 Å². The first-order valence-corrected chi connectivity index (χ1v) is 17.1. The summed E-state index contributed by atoms with van der Waals surface area (Å²) in [7, 11) is 0. The third-order valence-corrected chi connectivity index (χ3v) is 10.0. The number of hydroxylamine groups is 1. The van der Waals surface area contributed by atoms with Crippen molar-refractivity contribution < 1.29 is 4.94 Å². The van der Waals surface area contributed by atoms with Crippen LogP contribution in [-0.4, -0.2) is 15.1 Å². The van der Waals surface area contributed by atoms with Crippen LogP contribution >= 0.6 is 0 Å². The van der Waals surface area contributed by atoms with Crippen molar-refractivity contribution in [2.24, 2.45) is 0 Å². The van der Waals surface area contributed by atoms with E-state index in [4.69, 9.17) is 9.92 Å². The molecule has 0 atom stereocenters. The van der Waals surface area contributed by atoms with Crippen LogP contribution in [0.2, 0.25) is 0 Å². The maximum atomic E-state index is 6.52. The summed E-state index contributed by atoms with van der Waals surface area (Å²) in [5.41, 5.74) is 12.3. The second-order valence-electron chi connectivity index (χ2n) is 14.8. The predicted octanol–water partition coefficient (Wildman–Crippen LogP) is 11.4. The highest BCUT2D eigenvalue weighted by Crippen LogP contribution is 2.46. The minimum absolute atomic E-state index is 0.206. The lowest BCUT2D eigenvalue weighted by Gasteiger charge is -2.32. The molecule has 0 radical (unpaired) electrons. The first-order chi connectivity index (χ1) is 23.5. The van der Waals surface area contributed by atoms with Gasteiger partial charge in [0.05, 0.1) is 33.6 Å². The van der Waals surface area contributed by atoms with Gasteiger partial charge in [0.25, 0.3) is 0 Å². The Hall–Kier alpha value is -5.39. The number of fused-ring (bicyclic) bond motifs is 4. The van der Waals surface area contributed by atoms with Gasteiger partial charge in [0.1, 0.15) is 5.82 Å². The molecule has 0 saturated carbocycles. The number of para-hydroxylation sites is 3. The Kier molecular flexibility index (Phi) is 7.16. The molecule has 0 amide bonds. The maximum absolute atomic E-state index is 6.52. The largest absolute Gasteiger partial charge is 0.294 e. The fraction of sp³-hybridized carbons (Fsp3) is 0.205. The summed E-state index contributed by atoms with van der Waals surface area (Å²) in [6.07, 6.45) is 1.94. The molecular formula is C44H42N4O. The number of nitrogens with zero attached hydrogens (tertiary/aromatic N) is 4. The minimum atomic E-state index is -0.304. The van der Waals surface area contributed by atoms with Crippen LogP contribution in [0.5, 0.6) is 0 Å². The summed E-state index contributed by atoms with van der Waals surface area (Å²) in [5.74, 6) is 0.913. The molecule has 5 aromatic carbocycles. The van der Waals surface area contributed by atoms with Gasteiger partial charge in [-0.1, -0.05) is 86.6 Å². The van der Waals surface area contributed by atoms with E-state index < -0.39 is 0 Å². The van der Waals surface area contributed by atoms with Crippen molar-refractivity contribution in [1.29, 1.82) is 0 Å². The number of aromatic nitrogens is 2. The SMILES string of the molecule is Cc1cccc(C)c1-c1ccnc(-n2c3ccccc3c3ccc(C(C)(C)c4cccc(N5ON(C(C)(C)C)c6ccccc65)c4)cc32)c1. The molecule has 5 nitrogen and oxygen atoms in total. The molecule has 49 heavy (non-hydrogen) atoms. The topological polar surface area (TPSA) is 33.5 Å². The summed E-state index contributed by atoms with van der Waals surface area (Å²) >= 11 is 0. The van der Waals surface area contributed by atoms with Crippen LogP contribution in [0.1, 0.15) is 56.9 Å². The van der Waals surface area contributed by atoms with Crippen LogP contribution in [0.15, 0.2) is 128 Å². The van der Waals surface area contributed by atoms with Crippen molar-refractivity contribution in [3.05, 3.63) is 150 Å². The molecule has 1 aliphatic heterocycles. The van der Waals surface area contributed by atoms with Gasteiger partial charge in [-0.25, -0.2) is 10.0 Å². The minimum Gasteiger partial charge on any atom is -0.294 e. The van der Waals surface area contributed by atoms with E-state index in [0.29, 0.717) is 0 Å². The Morgan fingerprint density at radius 2 is 1.27 bits per heavy atom. The summed E-state index contributed by atoms with van der Waals surface area (Å²) in [6.45, 7) is 15.5. The smallest absolute Gasteiger partial charge is 0.138 e. The molecule has 5 heteroatoms. The number of pyridine rings is 1. The molecule has 0 spiro atoms. The lowest BCUT2D eigenvalue weighted by Crippen LogP contribution is -2.41. The second kappa shape index (κ2) is 11.4. The Labute approximate surface area is 288 Å². The van der Waals surface area contributed by atoms with Gasteiger partial charge in [0.2, 0.25) is 0 Å². The number of hydrogen-bond donors (Lipinski definition) is 0. The van der Waals surface area contributed by atoms with Gasteiger partial charge in [-0.05, 0) is 117 Å². The predicted molar refractivity (Wildman–Crippen MR) is 204 cm³/mol. The molecule has 0 aliphatic carbocycles. The molecule has 1 aliphatic rings. The van der Waals surface area contributed by atoms with E-state index in [1.807, 2.05) is 16.3 Å². The maximum Gasteiger partial charge on any atom is 0.138 e. The third-order valence-electron chi connectivity index (χ3n) is 10.0. The van der Waals surface area contributed by atoms with Gasteiger partial charge in [0, 0.05) is 22.4 Å². The molecule has 3 heterocycles. The first-order valence-electron chi connectivity index (χ1n) is 17.1. The van der Waals surface area contributed by atoms with E-state index in [-0.39, 0.29) is 11.0 Å². The molecule has 2 aromatic heterocycles. The fourth-order valence-electron chi connectivity index (χ4n) is 7.41. The molecule has 8 rings (SSSR count). The van der Waals surface area contributed by atoms with Crippen LogP contribution in [-0.2, 0) is 10.4 Å². The van der Waals surface area contributed by atoms with E-state index in [2.05, 4.69) is 174 Å². The van der Waals surface area contributed by atoms with Gasteiger partial charge in [0.15, 0.2) is 0 Å². The average molecular weight is 643 g/mol. The van der Waals surface area contributed by atoms with Crippen molar-refractivity contribution in [3.63, 3.8) is 0 Å². The standard InChI is InChI=1S/C44H42N4O/c1-29-14-12-15-30(2)42(29)31-24-25-45-41(26-31)46-37-19-9-8-18-35(37)36-23-22-33(28-40(36)46)44(6,7)32-16-13-17-34(27-32)47-38-20-10-11-21-39(38)48(49-47)43(3,4)5/h8-28H,1-7H3. The van der Waals surface area contributed by atoms with Crippen molar-refractivity contribution in [2.75, 3.05) is 10.1 Å². The Morgan fingerprint density at radius 1 is 0.592 bits per heavy atom. The Balaban J connectivity index is 1.24. The molecule has 0 bridgehead atoms. The fourth-order valence-corrected chi connectivity index (χ4v) is 7.41. The normalized spacial score (nSPS) is 13.4. The monoisotopic (exact) mass is 642 g/mol. The van der Waals surface area contributed by atoms with Crippen LogP contribution in [0, 0.1) is 13.8 Å². The molecular weight excluding hydrogens is 601 g/mol. The summed E-state index contributed by atoms with van der Waals surface area (Å²) in [4.78, 5) is 11.5. The second-order valence-corrected chi connectivity index (χ2v) is 14.8. The van der Waals surface area contributed by atoms with Crippen LogP contribution < -0.4 is 10.1 Å². The highest BCUT2D eigenvalue weighted by Gasteiger charge is 2.36. The lowest BCUT2D eigenvalue weighted by atomic mass is 9.77. The lowest BCUT2D eigenvalue weighted by molar-refractivity contribution is 0.0842. The zero-order valence-electron chi connectivity index (χ0n) is 29.3. The van der Waals surface area contributed by atoms with E-state index >= 15 is 0 Å². The van der Waals surface area contributed by atoms with Gasteiger partial charge in [-0.15, -0.1) is 4.94 Å². The van der Waals surface area contributed by atoms with Crippen LogP contribution in [0.25, 0.3) is 38.8 Å². The molecule has 0 N–H and O–H groups in total. The Bertz CT molecular complexity index is 2360. The first kappa shape index (κ1) is 30.9. The number of aryl methyl sites for hydroxylation is 2. The zero-order chi connectivity index (χ0) is 34.1. The van der Waals surface area contributed by atoms with Crippen LogP contribution in [0.4, 0.5) is 17.1 Å². The molecule has 7 aromatic rings. The molecule has 0 unspecified atom stereocenters. The molecule has 0 fully saturated rings. The Morgan fingerprint density at radius 3 is 2.04 bits per heavy atom. The van der Waals surface area contributed by atoms with E-state index in [9.17, 15) is 0 Å². The summed E-state index contributed by atoms with van der Waals surface area (Å²) in [5, 5.41) is 6.38. The number of anilines is 3. The van der Waals surface area contributed by atoms with E-state index in [1.165, 1.54) is 44.2 Å². The van der Waals surface area contributed by atoms with Crippen molar-refractivity contribution in [3.8, 4) is 16.9 Å². The van der Waals surface area contributed by atoms with Gasteiger partial charge >= 0.3 is 0 Å². The summed E-state index contributed by atoms with van der Waals surface area (Å²) in [6, 6.07) is 43.5. The van der Waals surface area contributed by atoms with Crippen molar-refractivity contribution in [1.82, 2.24) is 9.55 Å². The van der Waals surface area contributed by atoms with Gasteiger partial charge in [-0.2, -0.15) is 5.06 Å². The van der Waals surface area contributed by atoms with Crippen LogP contribution in [0.3, 0.4) is 0 Å². The van der Waals surface area contributed by atoms with Gasteiger partial charge in [-0.3, -0.25) is 4.57 Å². The van der Waals surface area contributed by atoms with Crippen molar-refractivity contribution in [2.45, 2.75) is 59.4 Å². The quantitative estimate of drug-likeness (QED) is 0.187. The highest BCUT2D eigenvalue weighted by molar-refractivity contribution is 6.09. The number of rotatable bonds is 5. The number of hydrogen-bond acceptors (Lipinski definition) is 4.